The standard InChI is InChI=1S/C9H16O2/c1-2-6-9(11)7-4-3-5-8-10/h3,5,8-9,11H,2,4,6-7H2,1H3. The first kappa shape index (κ1) is 10.4. The SMILES string of the molecule is CCCC(O)CCC=CC=O. The first-order chi connectivity index (χ1) is 5.31. The van der Waals surface area contributed by atoms with Gasteiger partial charge in [-0.2, -0.15) is 0 Å². The van der Waals surface area contributed by atoms with Gasteiger partial charge in [0.15, 0.2) is 0 Å². The molecular weight excluding hydrogens is 140 g/mol. The minimum absolute atomic E-state index is 0.198. The van der Waals surface area contributed by atoms with Crippen LogP contribution in [0.3, 0.4) is 0 Å². The van der Waals surface area contributed by atoms with Crippen LogP contribution in [-0.4, -0.2) is 17.5 Å². The third-order valence-electron chi connectivity index (χ3n) is 1.50. The lowest BCUT2D eigenvalue weighted by molar-refractivity contribution is -0.104. The summed E-state index contributed by atoms with van der Waals surface area (Å²) in [6, 6.07) is 0. The Hall–Kier alpha value is -0.630. The maximum atomic E-state index is 9.83. The van der Waals surface area contributed by atoms with Gasteiger partial charge in [0, 0.05) is 0 Å². The fraction of sp³-hybridized carbons (Fsp3) is 0.667. The summed E-state index contributed by atoms with van der Waals surface area (Å²) in [5, 5.41) is 9.23. The zero-order valence-corrected chi connectivity index (χ0v) is 6.99. The molecule has 2 heteroatoms. The van der Waals surface area contributed by atoms with E-state index in [9.17, 15) is 9.90 Å². The van der Waals surface area contributed by atoms with E-state index in [1.165, 1.54) is 6.08 Å². The van der Waals surface area contributed by atoms with Crippen LogP contribution < -0.4 is 0 Å². The van der Waals surface area contributed by atoms with Gasteiger partial charge in [-0.1, -0.05) is 19.4 Å². The van der Waals surface area contributed by atoms with E-state index >= 15 is 0 Å². The fourth-order valence-electron chi connectivity index (χ4n) is 0.918. The fourth-order valence-corrected chi connectivity index (χ4v) is 0.918. The number of hydrogen-bond donors (Lipinski definition) is 1. The van der Waals surface area contributed by atoms with E-state index in [0.717, 1.165) is 32.0 Å². The van der Waals surface area contributed by atoms with E-state index < -0.39 is 0 Å². The number of aliphatic hydroxyl groups excluding tert-OH is 1. The molecule has 0 aliphatic rings. The lowest BCUT2D eigenvalue weighted by atomic mass is 10.1. The first-order valence-electron chi connectivity index (χ1n) is 4.09. The quantitative estimate of drug-likeness (QED) is 0.469. The van der Waals surface area contributed by atoms with Crippen molar-refractivity contribution < 1.29 is 9.90 Å². The van der Waals surface area contributed by atoms with Crippen LogP contribution in [0.2, 0.25) is 0 Å². The Labute approximate surface area is 67.9 Å². The van der Waals surface area contributed by atoms with Crippen molar-refractivity contribution in [1.82, 2.24) is 0 Å². The Balaban J connectivity index is 3.22. The van der Waals surface area contributed by atoms with Gasteiger partial charge in [-0.3, -0.25) is 4.79 Å². The van der Waals surface area contributed by atoms with Crippen LogP contribution in [-0.2, 0) is 4.79 Å². The van der Waals surface area contributed by atoms with E-state index in [4.69, 9.17) is 0 Å². The summed E-state index contributed by atoms with van der Waals surface area (Å²) < 4.78 is 0. The number of hydrogen-bond acceptors (Lipinski definition) is 2. The topological polar surface area (TPSA) is 37.3 Å². The maximum Gasteiger partial charge on any atom is 0.142 e. The molecule has 0 heterocycles. The van der Waals surface area contributed by atoms with Crippen LogP contribution in [0, 0.1) is 0 Å². The average Bonchev–Trinajstić information content (AvgIpc) is 1.99. The second kappa shape index (κ2) is 7.48. The number of carbonyl (C=O) groups excluding carboxylic acids is 1. The summed E-state index contributed by atoms with van der Waals surface area (Å²) in [7, 11) is 0. The van der Waals surface area contributed by atoms with Gasteiger partial charge in [0.2, 0.25) is 0 Å². The highest BCUT2D eigenvalue weighted by molar-refractivity contribution is 5.64. The predicted octanol–water partition coefficient (Wildman–Crippen LogP) is 1.68. The van der Waals surface area contributed by atoms with Crippen molar-refractivity contribution in [3.63, 3.8) is 0 Å². The zero-order chi connectivity index (χ0) is 8.53. The molecule has 1 atom stereocenters. The molecule has 0 saturated heterocycles. The molecule has 0 aliphatic carbocycles. The Morgan fingerprint density at radius 3 is 2.73 bits per heavy atom. The molecule has 0 radical (unpaired) electrons. The maximum absolute atomic E-state index is 9.83. The lowest BCUT2D eigenvalue weighted by Gasteiger charge is -2.05. The van der Waals surface area contributed by atoms with Crippen molar-refractivity contribution in [2.24, 2.45) is 0 Å². The Bertz CT molecular complexity index is 119. The van der Waals surface area contributed by atoms with Gasteiger partial charge in [0.1, 0.15) is 6.29 Å². The highest BCUT2D eigenvalue weighted by Gasteiger charge is 1.98. The summed E-state index contributed by atoms with van der Waals surface area (Å²) in [6.45, 7) is 2.05. The largest absolute Gasteiger partial charge is 0.393 e. The minimum Gasteiger partial charge on any atom is -0.393 e. The summed E-state index contributed by atoms with van der Waals surface area (Å²) in [6.07, 6.45) is 7.23. The van der Waals surface area contributed by atoms with E-state index in [0.29, 0.717) is 0 Å². The summed E-state index contributed by atoms with van der Waals surface area (Å²) in [5.41, 5.74) is 0. The third-order valence-corrected chi connectivity index (χ3v) is 1.50. The number of rotatable bonds is 6. The molecule has 1 N–H and O–H groups in total. The molecule has 0 saturated carbocycles. The van der Waals surface area contributed by atoms with Gasteiger partial charge in [0.05, 0.1) is 6.10 Å². The molecule has 0 aromatic rings. The molecule has 0 amide bonds. The van der Waals surface area contributed by atoms with Crippen LogP contribution in [0.5, 0.6) is 0 Å². The molecule has 0 aliphatic heterocycles. The molecule has 0 aromatic heterocycles. The van der Waals surface area contributed by atoms with Crippen LogP contribution in [0.25, 0.3) is 0 Å². The average molecular weight is 156 g/mol. The molecule has 0 rings (SSSR count). The van der Waals surface area contributed by atoms with Crippen molar-refractivity contribution >= 4 is 6.29 Å². The van der Waals surface area contributed by atoms with Gasteiger partial charge < -0.3 is 5.11 Å². The van der Waals surface area contributed by atoms with Gasteiger partial charge in [-0.15, -0.1) is 0 Å². The van der Waals surface area contributed by atoms with Crippen LogP contribution in [0.4, 0.5) is 0 Å². The third kappa shape index (κ3) is 7.26. The van der Waals surface area contributed by atoms with Crippen LogP contribution in [0.15, 0.2) is 12.2 Å². The number of aliphatic hydroxyl groups is 1. The molecule has 2 nitrogen and oxygen atoms in total. The summed E-state index contributed by atoms with van der Waals surface area (Å²) in [4.78, 5) is 9.83. The molecule has 11 heavy (non-hydrogen) atoms. The monoisotopic (exact) mass is 156 g/mol. The van der Waals surface area contributed by atoms with E-state index in [-0.39, 0.29) is 6.10 Å². The zero-order valence-electron chi connectivity index (χ0n) is 6.99. The molecule has 64 valence electrons. The first-order valence-corrected chi connectivity index (χ1v) is 4.09. The normalized spacial score (nSPS) is 13.6. The van der Waals surface area contributed by atoms with Crippen molar-refractivity contribution in [2.75, 3.05) is 0 Å². The molecule has 0 fully saturated rings. The van der Waals surface area contributed by atoms with Gasteiger partial charge in [-0.25, -0.2) is 0 Å². The highest BCUT2D eigenvalue weighted by atomic mass is 16.3. The second-order valence-electron chi connectivity index (χ2n) is 2.58. The number of allylic oxidation sites excluding steroid dienone is 2. The Morgan fingerprint density at radius 2 is 2.18 bits per heavy atom. The second-order valence-corrected chi connectivity index (χ2v) is 2.58. The van der Waals surface area contributed by atoms with Gasteiger partial charge in [-0.05, 0) is 25.3 Å². The minimum atomic E-state index is -0.198. The predicted molar refractivity (Wildman–Crippen MR) is 45.4 cm³/mol. The smallest absolute Gasteiger partial charge is 0.142 e. The molecule has 1 unspecified atom stereocenters. The summed E-state index contributed by atoms with van der Waals surface area (Å²) in [5.74, 6) is 0. The van der Waals surface area contributed by atoms with Gasteiger partial charge >= 0.3 is 0 Å². The van der Waals surface area contributed by atoms with Gasteiger partial charge in [0.25, 0.3) is 0 Å². The number of aldehydes is 1. The molecule has 0 bridgehead atoms. The lowest BCUT2D eigenvalue weighted by Crippen LogP contribution is -2.04. The Morgan fingerprint density at radius 1 is 1.45 bits per heavy atom. The van der Waals surface area contributed by atoms with Crippen LogP contribution >= 0.6 is 0 Å². The molecule has 0 aromatic carbocycles. The van der Waals surface area contributed by atoms with E-state index in [2.05, 4.69) is 0 Å². The molecule has 0 spiro atoms. The van der Waals surface area contributed by atoms with Crippen LogP contribution in [0.1, 0.15) is 32.6 Å². The van der Waals surface area contributed by atoms with Crippen molar-refractivity contribution in [3.05, 3.63) is 12.2 Å². The highest BCUT2D eigenvalue weighted by Crippen LogP contribution is 2.04. The molecular formula is C9H16O2. The Kier molecular flexibility index (Phi) is 7.05. The summed E-state index contributed by atoms with van der Waals surface area (Å²) >= 11 is 0. The van der Waals surface area contributed by atoms with Crippen molar-refractivity contribution in [1.29, 1.82) is 0 Å². The van der Waals surface area contributed by atoms with E-state index in [1.807, 2.05) is 6.92 Å². The van der Waals surface area contributed by atoms with Crippen molar-refractivity contribution in [2.45, 2.75) is 38.7 Å². The number of carbonyl (C=O) groups is 1. The van der Waals surface area contributed by atoms with E-state index in [1.54, 1.807) is 6.08 Å². The van der Waals surface area contributed by atoms with Crippen molar-refractivity contribution in [3.8, 4) is 0 Å².